The third kappa shape index (κ3) is 4.38. The fraction of sp³-hybridized carbons (Fsp3) is 0.200. The molecule has 0 atom stereocenters. The third-order valence-electron chi connectivity index (χ3n) is 3.98. The van der Waals surface area contributed by atoms with Gasteiger partial charge in [0.15, 0.2) is 0 Å². The van der Waals surface area contributed by atoms with Gasteiger partial charge >= 0.3 is 0 Å². The van der Waals surface area contributed by atoms with Gasteiger partial charge in [0.25, 0.3) is 11.5 Å². The molecule has 27 heavy (non-hydrogen) atoms. The monoisotopic (exact) mass is 364 g/mol. The molecule has 1 amide bonds. The first-order valence-corrected chi connectivity index (χ1v) is 8.47. The molecule has 0 aliphatic carbocycles. The smallest absolute Gasteiger partial charge is 0.261 e. The average Bonchev–Trinajstić information content (AvgIpc) is 2.62. The predicted molar refractivity (Wildman–Crippen MR) is 101 cm³/mol. The van der Waals surface area contributed by atoms with Crippen molar-refractivity contribution in [1.29, 1.82) is 0 Å². The number of carbonyl (C=O) groups is 1. The molecule has 2 N–H and O–H groups in total. The Balaban J connectivity index is 1.76. The number of rotatable bonds is 5. The summed E-state index contributed by atoms with van der Waals surface area (Å²) in [6, 6.07) is 8.96. The highest BCUT2D eigenvalue weighted by molar-refractivity contribution is 5.95. The number of nitrogens with zero attached hydrogens (tertiary/aromatic N) is 2. The first-order chi connectivity index (χ1) is 12.9. The van der Waals surface area contributed by atoms with Crippen LogP contribution in [0.1, 0.15) is 32.9 Å². The molecule has 3 heterocycles. The van der Waals surface area contributed by atoms with Gasteiger partial charge in [-0.2, -0.15) is 0 Å². The second-order valence-corrected chi connectivity index (χ2v) is 6.23. The topological polar surface area (TPSA) is 97.0 Å². The van der Waals surface area contributed by atoms with E-state index in [-0.39, 0.29) is 12.1 Å². The fourth-order valence-electron chi connectivity index (χ4n) is 2.68. The van der Waals surface area contributed by atoms with Gasteiger partial charge in [0.2, 0.25) is 5.88 Å². The minimum Gasteiger partial charge on any atom is -0.437 e. The summed E-state index contributed by atoms with van der Waals surface area (Å²) in [5.41, 5.74) is 2.61. The van der Waals surface area contributed by atoms with Gasteiger partial charge in [0.1, 0.15) is 11.3 Å². The lowest BCUT2D eigenvalue weighted by atomic mass is 10.1. The van der Waals surface area contributed by atoms with Crippen molar-refractivity contribution in [1.82, 2.24) is 20.3 Å². The normalized spacial score (nSPS) is 10.5. The van der Waals surface area contributed by atoms with Crippen LogP contribution in [0, 0.1) is 20.8 Å². The first kappa shape index (κ1) is 18.3. The molecular weight excluding hydrogens is 344 g/mol. The minimum absolute atomic E-state index is 0.106. The van der Waals surface area contributed by atoms with Crippen LogP contribution in [-0.2, 0) is 6.54 Å². The lowest BCUT2D eigenvalue weighted by molar-refractivity contribution is 0.0948. The Morgan fingerprint density at radius 2 is 2.00 bits per heavy atom. The zero-order valence-electron chi connectivity index (χ0n) is 15.4. The number of ether oxygens (including phenoxy) is 1. The van der Waals surface area contributed by atoms with Gasteiger partial charge in [-0.25, -0.2) is 4.98 Å². The molecule has 3 rings (SSSR count). The number of nitrogens with one attached hydrogen (secondary N) is 2. The van der Waals surface area contributed by atoms with Crippen molar-refractivity contribution >= 4 is 5.91 Å². The second-order valence-electron chi connectivity index (χ2n) is 6.23. The van der Waals surface area contributed by atoms with E-state index in [1.54, 1.807) is 50.5 Å². The van der Waals surface area contributed by atoms with Crippen LogP contribution in [-0.4, -0.2) is 20.9 Å². The van der Waals surface area contributed by atoms with Gasteiger partial charge in [-0.1, -0.05) is 6.07 Å². The van der Waals surface area contributed by atoms with Gasteiger partial charge in [-0.15, -0.1) is 0 Å². The van der Waals surface area contributed by atoms with E-state index < -0.39 is 11.5 Å². The summed E-state index contributed by atoms with van der Waals surface area (Å²) in [5, 5.41) is 2.76. The Morgan fingerprint density at radius 3 is 2.70 bits per heavy atom. The molecule has 0 aromatic carbocycles. The van der Waals surface area contributed by atoms with Crippen molar-refractivity contribution in [3.8, 4) is 11.6 Å². The van der Waals surface area contributed by atoms with E-state index in [1.165, 1.54) is 0 Å². The summed E-state index contributed by atoms with van der Waals surface area (Å²) in [6.45, 7) is 5.57. The largest absolute Gasteiger partial charge is 0.437 e. The highest BCUT2D eigenvalue weighted by Crippen LogP contribution is 2.22. The molecule has 0 unspecified atom stereocenters. The van der Waals surface area contributed by atoms with Crippen LogP contribution in [0.3, 0.4) is 0 Å². The molecule has 0 radical (unpaired) electrons. The number of aryl methyl sites for hydroxylation is 3. The number of pyridine rings is 3. The number of carbonyl (C=O) groups excluding carboxylic acids is 1. The number of H-pyrrole nitrogens is 1. The van der Waals surface area contributed by atoms with Crippen LogP contribution in [0.4, 0.5) is 0 Å². The zero-order chi connectivity index (χ0) is 19.4. The van der Waals surface area contributed by atoms with E-state index in [2.05, 4.69) is 20.3 Å². The summed E-state index contributed by atoms with van der Waals surface area (Å²) in [7, 11) is 0. The predicted octanol–water partition coefficient (Wildman–Crippen LogP) is 2.81. The van der Waals surface area contributed by atoms with Crippen molar-refractivity contribution in [2.45, 2.75) is 27.3 Å². The number of hydrogen-bond acceptors (Lipinski definition) is 5. The van der Waals surface area contributed by atoms with E-state index in [4.69, 9.17) is 4.74 Å². The van der Waals surface area contributed by atoms with Gasteiger partial charge in [-0.05, 0) is 50.6 Å². The molecule has 0 aliphatic rings. The van der Waals surface area contributed by atoms with Crippen molar-refractivity contribution < 1.29 is 9.53 Å². The number of amides is 1. The fourth-order valence-corrected chi connectivity index (χ4v) is 2.68. The quantitative estimate of drug-likeness (QED) is 0.726. The molecular formula is C20H20N4O3. The van der Waals surface area contributed by atoms with E-state index in [1.807, 2.05) is 13.0 Å². The van der Waals surface area contributed by atoms with Gasteiger partial charge in [0, 0.05) is 29.7 Å². The first-order valence-electron chi connectivity index (χ1n) is 8.47. The van der Waals surface area contributed by atoms with Gasteiger partial charge in [0.05, 0.1) is 6.20 Å². The maximum Gasteiger partial charge on any atom is 0.261 e. The van der Waals surface area contributed by atoms with E-state index in [0.29, 0.717) is 28.5 Å². The summed E-state index contributed by atoms with van der Waals surface area (Å²) < 4.78 is 5.77. The van der Waals surface area contributed by atoms with E-state index in [9.17, 15) is 9.59 Å². The minimum atomic E-state index is -0.444. The van der Waals surface area contributed by atoms with Crippen LogP contribution in [0.15, 0.2) is 47.5 Å². The van der Waals surface area contributed by atoms with Crippen LogP contribution in [0.25, 0.3) is 0 Å². The summed E-state index contributed by atoms with van der Waals surface area (Å²) in [5.74, 6) is 0.483. The van der Waals surface area contributed by atoms with Crippen LogP contribution < -0.4 is 15.6 Å². The molecule has 138 valence electrons. The van der Waals surface area contributed by atoms with Crippen LogP contribution >= 0.6 is 0 Å². The second kappa shape index (κ2) is 7.82. The van der Waals surface area contributed by atoms with Crippen molar-refractivity contribution in [2.24, 2.45) is 0 Å². The van der Waals surface area contributed by atoms with E-state index in [0.717, 1.165) is 5.69 Å². The zero-order valence-corrected chi connectivity index (χ0v) is 15.4. The average molecular weight is 364 g/mol. The Hall–Kier alpha value is -3.48. The lowest BCUT2D eigenvalue weighted by Gasteiger charge is -2.11. The molecule has 0 aliphatic heterocycles. The van der Waals surface area contributed by atoms with Gasteiger partial charge < -0.3 is 15.0 Å². The van der Waals surface area contributed by atoms with Crippen molar-refractivity contribution in [2.75, 3.05) is 0 Å². The highest BCUT2D eigenvalue weighted by atomic mass is 16.5. The number of aromatic nitrogens is 3. The molecule has 3 aromatic rings. The molecule has 3 aromatic heterocycles. The van der Waals surface area contributed by atoms with E-state index >= 15 is 0 Å². The molecule has 0 fully saturated rings. The molecule has 0 spiro atoms. The molecule has 0 bridgehead atoms. The molecule has 0 saturated heterocycles. The Labute approximate surface area is 156 Å². The maximum absolute atomic E-state index is 12.5. The number of hydrogen-bond donors (Lipinski definition) is 2. The third-order valence-corrected chi connectivity index (χ3v) is 3.98. The Morgan fingerprint density at radius 1 is 1.19 bits per heavy atom. The highest BCUT2D eigenvalue weighted by Gasteiger charge is 2.15. The molecule has 7 heteroatoms. The molecule has 0 saturated carbocycles. The standard InChI is InChI=1S/C20H20N4O3/c1-12-9-14(3)24-19(26)17(12)18(25)23-10-15-5-4-8-21-20(15)27-16-7-6-13(2)22-11-16/h4-9,11H,10H2,1-3H3,(H,23,25)(H,24,26). The summed E-state index contributed by atoms with van der Waals surface area (Å²) >= 11 is 0. The lowest BCUT2D eigenvalue weighted by Crippen LogP contribution is -2.30. The Bertz CT molecular complexity index is 1030. The van der Waals surface area contributed by atoms with Crippen LogP contribution in [0.5, 0.6) is 11.6 Å². The van der Waals surface area contributed by atoms with Crippen molar-refractivity contribution in [3.05, 3.63) is 81.2 Å². The van der Waals surface area contributed by atoms with Crippen molar-refractivity contribution in [3.63, 3.8) is 0 Å². The SMILES string of the molecule is Cc1ccc(Oc2ncccc2CNC(=O)c2c(C)cc(C)[nH]c2=O)cn1. The van der Waals surface area contributed by atoms with Gasteiger partial charge in [-0.3, -0.25) is 14.6 Å². The van der Waals surface area contributed by atoms with Crippen LogP contribution in [0.2, 0.25) is 0 Å². The Kier molecular flexibility index (Phi) is 5.30. The summed E-state index contributed by atoms with van der Waals surface area (Å²) in [6.07, 6.45) is 3.22. The number of aromatic amines is 1. The molecule has 7 nitrogen and oxygen atoms in total. The maximum atomic E-state index is 12.5. The summed E-state index contributed by atoms with van der Waals surface area (Å²) in [4.78, 5) is 35.6.